The molecule has 0 radical (unpaired) electrons. The Labute approximate surface area is 99.4 Å². The Kier molecular flexibility index (Phi) is 4.01. The summed E-state index contributed by atoms with van der Waals surface area (Å²) in [6.45, 7) is 6.45. The molecule has 2 unspecified atom stereocenters. The van der Waals surface area contributed by atoms with Crippen molar-refractivity contribution in [3.63, 3.8) is 0 Å². The SMILES string of the molecule is CC1CCCN(CC(=O)C2CCCC2)C1C. The zero-order valence-corrected chi connectivity index (χ0v) is 10.7. The fourth-order valence-electron chi connectivity index (χ4n) is 3.22. The molecule has 2 nitrogen and oxygen atoms in total. The second-order valence-corrected chi connectivity index (χ2v) is 5.78. The molecule has 2 aliphatic rings. The van der Waals surface area contributed by atoms with E-state index in [0.717, 1.165) is 31.8 Å². The van der Waals surface area contributed by atoms with Crippen molar-refractivity contribution >= 4 is 5.78 Å². The van der Waals surface area contributed by atoms with Crippen molar-refractivity contribution in [2.75, 3.05) is 13.1 Å². The van der Waals surface area contributed by atoms with Gasteiger partial charge in [-0.15, -0.1) is 0 Å². The van der Waals surface area contributed by atoms with Gasteiger partial charge in [0, 0.05) is 12.0 Å². The predicted molar refractivity (Wildman–Crippen MR) is 66.4 cm³/mol. The summed E-state index contributed by atoms with van der Waals surface area (Å²) in [6.07, 6.45) is 7.43. The summed E-state index contributed by atoms with van der Waals surface area (Å²) in [6, 6.07) is 0.596. The molecule has 2 heteroatoms. The van der Waals surface area contributed by atoms with Crippen molar-refractivity contribution in [2.45, 2.75) is 58.4 Å². The van der Waals surface area contributed by atoms with Crippen LogP contribution in [-0.4, -0.2) is 29.8 Å². The molecule has 0 spiro atoms. The smallest absolute Gasteiger partial charge is 0.149 e. The molecule has 0 aromatic carbocycles. The summed E-state index contributed by atoms with van der Waals surface area (Å²) in [5.41, 5.74) is 0. The van der Waals surface area contributed by atoms with Gasteiger partial charge in [-0.25, -0.2) is 0 Å². The molecule has 2 rings (SSSR count). The third-order valence-electron chi connectivity index (χ3n) is 4.67. The highest BCUT2D eigenvalue weighted by molar-refractivity contribution is 5.83. The molecule has 2 fully saturated rings. The third-order valence-corrected chi connectivity index (χ3v) is 4.67. The van der Waals surface area contributed by atoms with Crippen molar-refractivity contribution in [1.29, 1.82) is 0 Å². The van der Waals surface area contributed by atoms with Gasteiger partial charge < -0.3 is 0 Å². The van der Waals surface area contributed by atoms with E-state index >= 15 is 0 Å². The number of rotatable bonds is 3. The monoisotopic (exact) mass is 223 g/mol. The van der Waals surface area contributed by atoms with Crippen LogP contribution in [-0.2, 0) is 4.79 Å². The minimum Gasteiger partial charge on any atom is -0.298 e. The lowest BCUT2D eigenvalue weighted by Crippen LogP contribution is -2.45. The molecule has 1 saturated carbocycles. The first kappa shape index (κ1) is 12.1. The van der Waals surface area contributed by atoms with Crippen molar-refractivity contribution in [3.05, 3.63) is 0 Å². The Hall–Kier alpha value is -0.370. The number of hydrogen-bond acceptors (Lipinski definition) is 2. The normalized spacial score (nSPS) is 33.1. The van der Waals surface area contributed by atoms with E-state index in [-0.39, 0.29) is 0 Å². The average Bonchev–Trinajstić information content (AvgIpc) is 2.78. The van der Waals surface area contributed by atoms with Gasteiger partial charge >= 0.3 is 0 Å². The third kappa shape index (κ3) is 2.65. The maximum atomic E-state index is 12.1. The largest absolute Gasteiger partial charge is 0.298 e. The zero-order valence-electron chi connectivity index (χ0n) is 10.7. The molecular weight excluding hydrogens is 198 g/mol. The highest BCUT2D eigenvalue weighted by atomic mass is 16.1. The first-order valence-electron chi connectivity index (χ1n) is 6.95. The quantitative estimate of drug-likeness (QED) is 0.733. The maximum absolute atomic E-state index is 12.1. The van der Waals surface area contributed by atoms with E-state index in [9.17, 15) is 4.79 Å². The minimum absolute atomic E-state index is 0.393. The summed E-state index contributed by atoms with van der Waals surface area (Å²) in [7, 11) is 0. The summed E-state index contributed by atoms with van der Waals surface area (Å²) in [4.78, 5) is 14.5. The van der Waals surface area contributed by atoms with Crippen molar-refractivity contribution in [1.82, 2.24) is 4.90 Å². The fraction of sp³-hybridized carbons (Fsp3) is 0.929. The Morgan fingerprint density at radius 3 is 2.50 bits per heavy atom. The first-order valence-corrected chi connectivity index (χ1v) is 6.95. The Morgan fingerprint density at radius 1 is 1.12 bits per heavy atom. The molecule has 1 saturated heterocycles. The molecule has 0 aromatic rings. The molecule has 0 N–H and O–H groups in total. The molecule has 16 heavy (non-hydrogen) atoms. The standard InChI is InChI=1S/C14H25NO/c1-11-6-5-9-15(12(11)2)10-14(16)13-7-3-4-8-13/h11-13H,3-10H2,1-2H3. The summed E-state index contributed by atoms with van der Waals surface area (Å²) in [5, 5.41) is 0. The van der Waals surface area contributed by atoms with Gasteiger partial charge in [-0.1, -0.05) is 19.8 Å². The van der Waals surface area contributed by atoms with Gasteiger partial charge in [0.15, 0.2) is 0 Å². The van der Waals surface area contributed by atoms with Crippen LogP contribution in [0.5, 0.6) is 0 Å². The topological polar surface area (TPSA) is 20.3 Å². The van der Waals surface area contributed by atoms with E-state index in [1.54, 1.807) is 0 Å². The van der Waals surface area contributed by atoms with Crippen LogP contribution < -0.4 is 0 Å². The molecule has 1 heterocycles. The zero-order chi connectivity index (χ0) is 11.5. The van der Waals surface area contributed by atoms with Gasteiger partial charge in [-0.2, -0.15) is 0 Å². The van der Waals surface area contributed by atoms with Gasteiger partial charge in [0.2, 0.25) is 0 Å². The lowest BCUT2D eigenvalue weighted by molar-refractivity contribution is -0.125. The molecule has 2 atom stereocenters. The molecule has 1 aliphatic carbocycles. The van der Waals surface area contributed by atoms with Crippen molar-refractivity contribution in [3.8, 4) is 0 Å². The van der Waals surface area contributed by atoms with Gasteiger partial charge in [0.05, 0.1) is 6.54 Å². The highest BCUT2D eigenvalue weighted by Crippen LogP contribution is 2.27. The second kappa shape index (κ2) is 5.31. The van der Waals surface area contributed by atoms with E-state index in [4.69, 9.17) is 0 Å². The number of carbonyl (C=O) groups excluding carboxylic acids is 1. The van der Waals surface area contributed by atoms with Gasteiger partial charge in [0.1, 0.15) is 5.78 Å². The lowest BCUT2D eigenvalue weighted by atomic mass is 9.91. The highest BCUT2D eigenvalue weighted by Gasteiger charge is 2.29. The maximum Gasteiger partial charge on any atom is 0.149 e. The fourth-order valence-corrected chi connectivity index (χ4v) is 3.22. The van der Waals surface area contributed by atoms with Crippen LogP contribution in [0.1, 0.15) is 52.4 Å². The van der Waals surface area contributed by atoms with Crippen LogP contribution >= 0.6 is 0 Å². The molecule has 1 aliphatic heterocycles. The number of likely N-dealkylation sites (tertiary alicyclic amines) is 1. The van der Waals surface area contributed by atoms with Crippen molar-refractivity contribution < 1.29 is 4.79 Å². The van der Waals surface area contributed by atoms with Crippen LogP contribution in [0.15, 0.2) is 0 Å². The summed E-state index contributed by atoms with van der Waals surface area (Å²) >= 11 is 0. The van der Waals surface area contributed by atoms with Crippen LogP contribution in [0, 0.1) is 11.8 Å². The minimum atomic E-state index is 0.393. The van der Waals surface area contributed by atoms with E-state index in [0.29, 0.717) is 17.7 Å². The van der Waals surface area contributed by atoms with Crippen LogP contribution in [0.3, 0.4) is 0 Å². The summed E-state index contributed by atoms with van der Waals surface area (Å²) < 4.78 is 0. The molecular formula is C14H25NO. The number of ketones is 1. The van der Waals surface area contributed by atoms with E-state index < -0.39 is 0 Å². The van der Waals surface area contributed by atoms with Gasteiger partial charge in [-0.05, 0) is 45.1 Å². The number of Topliss-reactive ketones (excluding diaryl/α,β-unsaturated/α-hetero) is 1. The van der Waals surface area contributed by atoms with Crippen LogP contribution in [0.2, 0.25) is 0 Å². The molecule has 92 valence electrons. The Balaban J connectivity index is 1.85. The number of piperidine rings is 1. The van der Waals surface area contributed by atoms with Gasteiger partial charge in [-0.3, -0.25) is 9.69 Å². The van der Waals surface area contributed by atoms with Crippen molar-refractivity contribution in [2.24, 2.45) is 11.8 Å². The van der Waals surface area contributed by atoms with Gasteiger partial charge in [0.25, 0.3) is 0 Å². The van der Waals surface area contributed by atoms with E-state index in [1.165, 1.54) is 25.7 Å². The first-order chi connectivity index (χ1) is 7.68. The van der Waals surface area contributed by atoms with Crippen LogP contribution in [0.25, 0.3) is 0 Å². The lowest BCUT2D eigenvalue weighted by Gasteiger charge is -2.37. The Morgan fingerprint density at radius 2 is 1.81 bits per heavy atom. The number of nitrogens with zero attached hydrogens (tertiary/aromatic N) is 1. The number of carbonyl (C=O) groups is 1. The average molecular weight is 223 g/mol. The molecule has 0 bridgehead atoms. The predicted octanol–water partition coefficient (Wildman–Crippen LogP) is 2.87. The Bertz CT molecular complexity index is 245. The summed E-state index contributed by atoms with van der Waals surface area (Å²) in [5.74, 6) is 1.66. The number of hydrogen-bond donors (Lipinski definition) is 0. The van der Waals surface area contributed by atoms with E-state index in [1.807, 2.05) is 0 Å². The van der Waals surface area contributed by atoms with Crippen LogP contribution in [0.4, 0.5) is 0 Å². The van der Waals surface area contributed by atoms with E-state index in [2.05, 4.69) is 18.7 Å². The molecule has 0 amide bonds. The second-order valence-electron chi connectivity index (χ2n) is 5.78. The molecule has 0 aromatic heterocycles.